The summed E-state index contributed by atoms with van der Waals surface area (Å²) in [6.45, 7) is 0. The molecular weight excluding hydrogens is 346 g/mol. The van der Waals surface area contributed by atoms with E-state index in [-0.39, 0.29) is 23.7 Å². The Balaban J connectivity index is 1.63. The minimum absolute atomic E-state index is 0.0358. The number of carbonyl (C=O) groups is 2. The van der Waals surface area contributed by atoms with E-state index in [1.54, 1.807) is 49.6 Å². The third-order valence-corrected chi connectivity index (χ3v) is 4.25. The highest BCUT2D eigenvalue weighted by Crippen LogP contribution is 2.19. The quantitative estimate of drug-likeness (QED) is 0.746. The van der Waals surface area contributed by atoms with E-state index in [1.807, 2.05) is 6.07 Å². The fourth-order valence-electron chi connectivity index (χ4n) is 2.93. The smallest absolute Gasteiger partial charge is 0.264 e. The van der Waals surface area contributed by atoms with Crippen LogP contribution in [-0.4, -0.2) is 27.2 Å². The van der Waals surface area contributed by atoms with Crippen molar-refractivity contribution < 1.29 is 9.59 Å². The van der Waals surface area contributed by atoms with Crippen LogP contribution in [0.4, 0.5) is 5.69 Å². The molecule has 0 fully saturated rings. The molecule has 0 bridgehead atoms. The van der Waals surface area contributed by atoms with Crippen LogP contribution in [0.1, 0.15) is 16.8 Å². The Kier molecular flexibility index (Phi) is 4.00. The molecule has 27 heavy (non-hydrogen) atoms. The Morgan fingerprint density at radius 3 is 2.67 bits per heavy atom. The van der Waals surface area contributed by atoms with Crippen LogP contribution >= 0.6 is 0 Å². The van der Waals surface area contributed by atoms with Gasteiger partial charge in [-0.1, -0.05) is 18.2 Å². The topological polar surface area (TPSA) is 96.7 Å². The third kappa shape index (κ3) is 2.97. The largest absolute Gasteiger partial charge is 0.308 e. The van der Waals surface area contributed by atoms with E-state index in [0.29, 0.717) is 16.7 Å². The van der Waals surface area contributed by atoms with Crippen molar-refractivity contribution in [2.45, 2.75) is 6.42 Å². The highest BCUT2D eigenvalue weighted by molar-refractivity contribution is 6.18. The van der Waals surface area contributed by atoms with E-state index in [1.165, 1.54) is 15.6 Å². The van der Waals surface area contributed by atoms with Gasteiger partial charge in [-0.3, -0.25) is 19.0 Å². The number of nitrogens with one attached hydrogen (secondary N) is 1. The number of rotatable bonds is 2. The van der Waals surface area contributed by atoms with Crippen LogP contribution in [0.15, 0.2) is 64.6 Å². The first-order valence-corrected chi connectivity index (χ1v) is 8.26. The standard InChI is InChI=1S/C19H15N5O3/c1-23-17-12(6-5-9-20-17)10-14(19(23)27)18(26)21-15-11-16(25)24(22-15)13-7-3-2-4-8-13/h2-10H,11H2,1H3,(H,21,22,26). The summed E-state index contributed by atoms with van der Waals surface area (Å²) in [7, 11) is 1.56. The number of nitrogens with zero attached hydrogens (tertiary/aromatic N) is 4. The monoisotopic (exact) mass is 361 g/mol. The molecule has 134 valence electrons. The first-order chi connectivity index (χ1) is 13.0. The zero-order valence-electron chi connectivity index (χ0n) is 14.4. The van der Waals surface area contributed by atoms with Gasteiger partial charge in [-0.2, -0.15) is 10.1 Å². The molecule has 8 nitrogen and oxygen atoms in total. The van der Waals surface area contributed by atoms with Gasteiger partial charge in [0.2, 0.25) is 0 Å². The van der Waals surface area contributed by atoms with Crippen LogP contribution in [0.2, 0.25) is 0 Å². The second kappa shape index (κ2) is 6.49. The molecule has 0 atom stereocenters. The summed E-state index contributed by atoms with van der Waals surface area (Å²) in [6.07, 6.45) is 1.54. The molecular formula is C19H15N5O3. The summed E-state index contributed by atoms with van der Waals surface area (Å²) in [4.78, 5) is 41.4. The number of amidine groups is 1. The first kappa shape index (κ1) is 16.6. The Bertz CT molecular complexity index is 1150. The van der Waals surface area contributed by atoms with Crippen molar-refractivity contribution in [2.75, 3.05) is 5.01 Å². The van der Waals surface area contributed by atoms with Gasteiger partial charge in [-0.25, -0.2) is 4.98 Å². The second-order valence-corrected chi connectivity index (χ2v) is 6.06. The summed E-state index contributed by atoms with van der Waals surface area (Å²) >= 11 is 0. The van der Waals surface area contributed by atoms with Crippen molar-refractivity contribution in [1.82, 2.24) is 14.9 Å². The number of aromatic nitrogens is 2. The summed E-state index contributed by atoms with van der Waals surface area (Å²) in [6, 6.07) is 13.9. The van der Waals surface area contributed by atoms with Gasteiger partial charge in [0.1, 0.15) is 17.0 Å². The SMILES string of the molecule is Cn1c(=O)c(C(=O)NC2=NN(c3ccccc3)C(=O)C2)cc2cccnc21. The Labute approximate surface area is 153 Å². The molecule has 0 spiro atoms. The molecule has 0 aliphatic carbocycles. The lowest BCUT2D eigenvalue weighted by Gasteiger charge is -2.10. The molecule has 0 saturated carbocycles. The Morgan fingerprint density at radius 2 is 1.89 bits per heavy atom. The minimum Gasteiger partial charge on any atom is -0.308 e. The van der Waals surface area contributed by atoms with E-state index in [4.69, 9.17) is 0 Å². The predicted octanol–water partition coefficient (Wildman–Crippen LogP) is 1.41. The highest BCUT2D eigenvalue weighted by atomic mass is 16.2. The van der Waals surface area contributed by atoms with E-state index < -0.39 is 11.5 Å². The summed E-state index contributed by atoms with van der Waals surface area (Å²) < 4.78 is 1.32. The number of carbonyl (C=O) groups excluding carboxylic acids is 2. The molecule has 8 heteroatoms. The predicted molar refractivity (Wildman–Crippen MR) is 100 cm³/mol. The van der Waals surface area contributed by atoms with Crippen LogP contribution < -0.4 is 15.9 Å². The normalized spacial score (nSPS) is 13.7. The number of para-hydroxylation sites is 1. The minimum atomic E-state index is -0.609. The molecule has 1 aliphatic heterocycles. The number of benzene rings is 1. The maximum Gasteiger partial charge on any atom is 0.264 e. The van der Waals surface area contributed by atoms with Gasteiger partial charge in [-0.15, -0.1) is 0 Å². The number of hydrogen-bond donors (Lipinski definition) is 1. The number of aryl methyl sites for hydroxylation is 1. The Morgan fingerprint density at radius 1 is 1.11 bits per heavy atom. The van der Waals surface area contributed by atoms with Gasteiger partial charge in [0.25, 0.3) is 17.4 Å². The van der Waals surface area contributed by atoms with Gasteiger partial charge in [-0.05, 0) is 30.3 Å². The fraction of sp³-hybridized carbons (Fsp3) is 0.105. The molecule has 4 rings (SSSR count). The van der Waals surface area contributed by atoms with Crippen LogP contribution in [0.5, 0.6) is 0 Å². The molecule has 3 heterocycles. The van der Waals surface area contributed by atoms with Crippen molar-refractivity contribution in [3.05, 3.63) is 70.6 Å². The van der Waals surface area contributed by atoms with E-state index in [2.05, 4.69) is 15.4 Å². The molecule has 2 amide bonds. The molecule has 1 N–H and O–H groups in total. The Hall–Kier alpha value is -3.81. The average molecular weight is 361 g/mol. The van der Waals surface area contributed by atoms with Gasteiger partial charge in [0, 0.05) is 18.6 Å². The van der Waals surface area contributed by atoms with Crippen LogP contribution in [0.25, 0.3) is 11.0 Å². The van der Waals surface area contributed by atoms with Crippen molar-refractivity contribution in [1.29, 1.82) is 0 Å². The molecule has 3 aromatic rings. The van der Waals surface area contributed by atoms with Crippen molar-refractivity contribution >= 4 is 34.4 Å². The zero-order chi connectivity index (χ0) is 19.0. The average Bonchev–Trinajstić information content (AvgIpc) is 3.05. The molecule has 1 aromatic carbocycles. The van der Waals surface area contributed by atoms with Crippen LogP contribution in [0.3, 0.4) is 0 Å². The lowest BCUT2D eigenvalue weighted by atomic mass is 10.2. The lowest BCUT2D eigenvalue weighted by molar-refractivity contribution is -0.116. The van der Waals surface area contributed by atoms with Crippen molar-refractivity contribution in [3.8, 4) is 0 Å². The second-order valence-electron chi connectivity index (χ2n) is 6.06. The van der Waals surface area contributed by atoms with E-state index in [9.17, 15) is 14.4 Å². The molecule has 2 aromatic heterocycles. The molecule has 1 aliphatic rings. The van der Waals surface area contributed by atoms with Gasteiger partial charge in [0.15, 0.2) is 0 Å². The maximum atomic E-state index is 12.6. The lowest BCUT2D eigenvalue weighted by Crippen LogP contribution is -2.35. The van der Waals surface area contributed by atoms with Crippen LogP contribution in [-0.2, 0) is 11.8 Å². The zero-order valence-corrected chi connectivity index (χ0v) is 14.4. The van der Waals surface area contributed by atoms with Crippen LogP contribution in [0, 0.1) is 0 Å². The fourth-order valence-corrected chi connectivity index (χ4v) is 2.93. The number of amides is 2. The number of fused-ring (bicyclic) bond motifs is 1. The van der Waals surface area contributed by atoms with Gasteiger partial charge >= 0.3 is 0 Å². The maximum absolute atomic E-state index is 12.6. The van der Waals surface area contributed by atoms with Gasteiger partial charge in [0.05, 0.1) is 12.1 Å². The third-order valence-electron chi connectivity index (χ3n) is 4.25. The van der Waals surface area contributed by atoms with Crippen molar-refractivity contribution in [2.24, 2.45) is 12.1 Å². The molecule has 0 unspecified atom stereocenters. The first-order valence-electron chi connectivity index (χ1n) is 8.26. The summed E-state index contributed by atoms with van der Waals surface area (Å²) in [5, 5.41) is 8.64. The molecule has 0 saturated heterocycles. The van der Waals surface area contributed by atoms with Gasteiger partial charge < -0.3 is 5.32 Å². The van der Waals surface area contributed by atoms with E-state index in [0.717, 1.165) is 0 Å². The summed E-state index contributed by atoms with van der Waals surface area (Å²) in [5.41, 5.74) is 0.594. The number of hydrogen-bond acceptors (Lipinski definition) is 5. The molecule has 0 radical (unpaired) electrons. The summed E-state index contributed by atoms with van der Waals surface area (Å²) in [5.74, 6) is -0.669. The number of hydrazone groups is 1. The number of pyridine rings is 2. The van der Waals surface area contributed by atoms with Crippen molar-refractivity contribution in [3.63, 3.8) is 0 Å². The number of anilines is 1. The highest BCUT2D eigenvalue weighted by Gasteiger charge is 2.27. The van der Waals surface area contributed by atoms with E-state index >= 15 is 0 Å².